The smallest absolute Gasteiger partial charge is 0.258 e. The van der Waals surface area contributed by atoms with Gasteiger partial charge in [-0.15, -0.1) is 0 Å². The van der Waals surface area contributed by atoms with Crippen molar-refractivity contribution < 1.29 is 14.3 Å². The quantitative estimate of drug-likeness (QED) is 0.748. The number of para-hydroxylation sites is 1. The van der Waals surface area contributed by atoms with Crippen molar-refractivity contribution in [1.82, 2.24) is 10.2 Å². The van der Waals surface area contributed by atoms with E-state index in [9.17, 15) is 9.59 Å². The van der Waals surface area contributed by atoms with Crippen molar-refractivity contribution in [3.63, 3.8) is 0 Å². The molecule has 0 saturated carbocycles. The average molecular weight is 316 g/mol. The molecule has 2 atom stereocenters. The fourth-order valence-electron chi connectivity index (χ4n) is 2.38. The number of amides is 2. The van der Waals surface area contributed by atoms with Crippen LogP contribution in [0.2, 0.25) is 0 Å². The van der Waals surface area contributed by atoms with Crippen molar-refractivity contribution in [2.75, 3.05) is 13.6 Å². The lowest BCUT2D eigenvalue weighted by molar-refractivity contribution is -0.124. The van der Waals surface area contributed by atoms with Crippen molar-refractivity contribution in [1.29, 1.82) is 0 Å². The van der Waals surface area contributed by atoms with E-state index in [4.69, 9.17) is 4.74 Å². The number of nitrogens with zero attached hydrogens (tertiary/aromatic N) is 1. The van der Waals surface area contributed by atoms with Gasteiger partial charge in [-0.25, -0.2) is 0 Å². The molecule has 2 amide bonds. The van der Waals surface area contributed by atoms with Crippen molar-refractivity contribution in [3.05, 3.63) is 42.0 Å². The summed E-state index contributed by atoms with van der Waals surface area (Å²) in [5.74, 6) is 0.177. The minimum absolute atomic E-state index is 0.0274. The molecule has 0 radical (unpaired) electrons. The maximum atomic E-state index is 12.7. The summed E-state index contributed by atoms with van der Waals surface area (Å²) in [5.41, 5.74) is 0.475. The highest BCUT2D eigenvalue weighted by Crippen LogP contribution is 2.22. The van der Waals surface area contributed by atoms with Crippen LogP contribution in [0.3, 0.4) is 0 Å². The molecule has 0 fully saturated rings. The predicted octanol–water partition coefficient (Wildman–Crippen LogP) is 2.38. The predicted molar refractivity (Wildman–Crippen MR) is 89.5 cm³/mol. The molecule has 124 valence electrons. The Morgan fingerprint density at radius 2 is 1.91 bits per heavy atom. The van der Waals surface area contributed by atoms with Crippen molar-refractivity contribution >= 4 is 11.8 Å². The Hall–Kier alpha value is -2.30. The van der Waals surface area contributed by atoms with E-state index in [1.165, 1.54) is 4.90 Å². The van der Waals surface area contributed by atoms with Crippen LogP contribution in [0.4, 0.5) is 0 Å². The highest BCUT2D eigenvalue weighted by Gasteiger charge is 2.25. The summed E-state index contributed by atoms with van der Waals surface area (Å²) in [7, 11) is 1.64. The van der Waals surface area contributed by atoms with Crippen LogP contribution in [-0.2, 0) is 4.79 Å². The number of nitrogens with one attached hydrogen (secondary N) is 1. The molecule has 0 saturated heterocycles. The maximum Gasteiger partial charge on any atom is 0.258 e. The van der Waals surface area contributed by atoms with Gasteiger partial charge < -0.3 is 15.0 Å². The molecule has 0 unspecified atom stereocenters. The van der Waals surface area contributed by atoms with E-state index in [1.807, 2.05) is 25.1 Å². The number of likely N-dealkylation sites (N-methyl/N-ethyl adjacent to an activating group) is 1. The summed E-state index contributed by atoms with van der Waals surface area (Å²) in [6.07, 6.45) is 5.57. The molecule has 1 heterocycles. The zero-order chi connectivity index (χ0) is 16.8. The number of hydrogen-bond acceptors (Lipinski definition) is 3. The average Bonchev–Trinajstić information content (AvgIpc) is 2.55. The molecule has 0 bridgehead atoms. The number of fused-ring (bicyclic) bond motifs is 1. The van der Waals surface area contributed by atoms with Crippen LogP contribution < -0.4 is 10.1 Å². The van der Waals surface area contributed by atoms with Gasteiger partial charge in [0.05, 0.1) is 11.7 Å². The third kappa shape index (κ3) is 4.34. The number of carbonyl (C=O) groups is 2. The molecule has 0 aromatic heterocycles. The van der Waals surface area contributed by atoms with Gasteiger partial charge in [0.25, 0.3) is 5.91 Å². The van der Waals surface area contributed by atoms with E-state index in [2.05, 4.69) is 5.32 Å². The number of ether oxygens (including phenoxy) is 1. The molecule has 0 spiro atoms. The Morgan fingerprint density at radius 3 is 2.70 bits per heavy atom. The molecule has 1 aromatic rings. The SMILES string of the molecule is C[C@@H]1C/C=C\CCNC(=O)[C@H](C)N(C)C(=O)c2ccccc2O1. The first-order chi connectivity index (χ1) is 11.0. The second-order valence-electron chi connectivity index (χ2n) is 5.80. The number of hydrogen-bond donors (Lipinski definition) is 1. The third-order valence-corrected chi connectivity index (χ3v) is 3.97. The number of rotatable bonds is 0. The van der Waals surface area contributed by atoms with E-state index in [1.54, 1.807) is 32.2 Å². The van der Waals surface area contributed by atoms with Crippen LogP contribution in [0.1, 0.15) is 37.0 Å². The Bertz CT molecular complexity index is 598. The molecule has 0 aliphatic carbocycles. The van der Waals surface area contributed by atoms with E-state index < -0.39 is 6.04 Å². The van der Waals surface area contributed by atoms with Gasteiger partial charge in [0.1, 0.15) is 11.8 Å². The van der Waals surface area contributed by atoms with Crippen molar-refractivity contribution in [2.24, 2.45) is 0 Å². The first kappa shape index (κ1) is 17.1. The standard InChI is InChI=1S/C18H24N2O3/c1-13-9-5-4-8-12-19-17(21)14(2)20(3)18(22)15-10-6-7-11-16(15)23-13/h4-7,10-11,13-14H,8-9,12H2,1-3H3,(H,19,21)/b5-4-/t13-,14+/m1/s1. The third-order valence-electron chi connectivity index (χ3n) is 3.97. The Labute approximate surface area is 137 Å². The molecule has 5 heteroatoms. The fraction of sp³-hybridized carbons (Fsp3) is 0.444. The van der Waals surface area contributed by atoms with E-state index in [-0.39, 0.29) is 17.9 Å². The fourth-order valence-corrected chi connectivity index (χ4v) is 2.38. The highest BCUT2D eigenvalue weighted by atomic mass is 16.5. The highest BCUT2D eigenvalue weighted by molar-refractivity contribution is 5.99. The molecular formula is C18H24N2O3. The van der Waals surface area contributed by atoms with Crippen molar-refractivity contribution in [3.8, 4) is 5.75 Å². The Morgan fingerprint density at radius 1 is 1.17 bits per heavy atom. The van der Waals surface area contributed by atoms with Crippen LogP contribution in [-0.4, -0.2) is 42.5 Å². The second-order valence-corrected chi connectivity index (χ2v) is 5.80. The van der Waals surface area contributed by atoms with Gasteiger partial charge in [-0.2, -0.15) is 0 Å². The Kier molecular flexibility index (Phi) is 5.79. The summed E-state index contributed by atoms with van der Waals surface area (Å²) < 4.78 is 5.92. The summed E-state index contributed by atoms with van der Waals surface area (Å²) in [6.45, 7) is 4.26. The van der Waals surface area contributed by atoms with Crippen molar-refractivity contribution in [2.45, 2.75) is 38.8 Å². The Balaban J connectivity index is 2.32. The van der Waals surface area contributed by atoms with Crippen LogP contribution in [0, 0.1) is 0 Å². The van der Waals surface area contributed by atoms with Crippen LogP contribution >= 0.6 is 0 Å². The zero-order valence-corrected chi connectivity index (χ0v) is 13.9. The molecule has 2 rings (SSSR count). The van der Waals surface area contributed by atoms with Crippen LogP contribution in [0.5, 0.6) is 5.75 Å². The largest absolute Gasteiger partial charge is 0.490 e. The lowest BCUT2D eigenvalue weighted by atomic mass is 10.1. The van der Waals surface area contributed by atoms with Gasteiger partial charge in [-0.3, -0.25) is 9.59 Å². The molecular weight excluding hydrogens is 292 g/mol. The van der Waals surface area contributed by atoms with Gasteiger partial charge in [0.2, 0.25) is 5.91 Å². The van der Waals surface area contributed by atoms with E-state index in [0.29, 0.717) is 17.9 Å². The second kappa shape index (κ2) is 7.81. The van der Waals surface area contributed by atoms with Gasteiger partial charge in [0, 0.05) is 20.0 Å². The number of benzene rings is 1. The molecule has 1 aromatic carbocycles. The van der Waals surface area contributed by atoms with Gasteiger partial charge in [0.15, 0.2) is 0 Å². The van der Waals surface area contributed by atoms with Gasteiger partial charge in [-0.1, -0.05) is 24.3 Å². The summed E-state index contributed by atoms with van der Waals surface area (Å²) in [6, 6.07) is 6.62. The van der Waals surface area contributed by atoms with Gasteiger partial charge >= 0.3 is 0 Å². The maximum absolute atomic E-state index is 12.7. The van der Waals surface area contributed by atoms with E-state index in [0.717, 1.165) is 12.8 Å². The first-order valence-electron chi connectivity index (χ1n) is 7.96. The molecule has 1 N–H and O–H groups in total. The van der Waals surface area contributed by atoms with Crippen LogP contribution in [0.25, 0.3) is 0 Å². The summed E-state index contributed by atoms with van der Waals surface area (Å²) >= 11 is 0. The normalized spacial score (nSPS) is 24.9. The summed E-state index contributed by atoms with van der Waals surface area (Å²) in [5, 5.41) is 2.86. The zero-order valence-electron chi connectivity index (χ0n) is 13.9. The molecule has 5 nitrogen and oxygen atoms in total. The molecule has 23 heavy (non-hydrogen) atoms. The monoisotopic (exact) mass is 316 g/mol. The molecule has 1 aliphatic heterocycles. The van der Waals surface area contributed by atoms with E-state index >= 15 is 0 Å². The lowest BCUT2D eigenvalue weighted by Gasteiger charge is -2.26. The first-order valence-corrected chi connectivity index (χ1v) is 7.96. The number of carbonyl (C=O) groups excluding carboxylic acids is 2. The lowest BCUT2D eigenvalue weighted by Crippen LogP contribution is -2.46. The minimum Gasteiger partial charge on any atom is -0.490 e. The summed E-state index contributed by atoms with van der Waals surface area (Å²) in [4.78, 5) is 26.3. The minimum atomic E-state index is -0.542. The topological polar surface area (TPSA) is 58.6 Å². The molecule has 1 aliphatic rings. The van der Waals surface area contributed by atoms with Crippen LogP contribution in [0.15, 0.2) is 36.4 Å². The van der Waals surface area contributed by atoms with Gasteiger partial charge in [-0.05, 0) is 32.4 Å².